The third-order valence-corrected chi connectivity index (χ3v) is 3.86. The molecule has 0 aliphatic rings. The second-order valence-electron chi connectivity index (χ2n) is 6.12. The molecule has 1 atom stereocenters. The Kier molecular flexibility index (Phi) is 4.46. The zero-order valence-corrected chi connectivity index (χ0v) is 13.8. The van der Waals surface area contributed by atoms with Crippen molar-refractivity contribution < 1.29 is 0 Å². The van der Waals surface area contributed by atoms with E-state index in [1.165, 1.54) is 11.1 Å². The maximum atomic E-state index is 4.41. The van der Waals surface area contributed by atoms with E-state index in [1.807, 2.05) is 27.8 Å². The van der Waals surface area contributed by atoms with Gasteiger partial charge in [0.2, 0.25) is 0 Å². The molecule has 0 fully saturated rings. The molecule has 1 aromatic carbocycles. The Morgan fingerprint density at radius 3 is 2.70 bits per heavy atom. The molecule has 2 aromatic heterocycles. The Balaban J connectivity index is 1.69. The molecule has 3 aromatic rings. The van der Waals surface area contributed by atoms with Crippen LogP contribution in [-0.4, -0.2) is 19.6 Å². The smallest absolute Gasteiger partial charge is 0.0660 e. The number of rotatable bonds is 6. The molecule has 0 aliphatic carbocycles. The number of anilines is 1. The van der Waals surface area contributed by atoms with Crippen molar-refractivity contribution in [2.45, 2.75) is 39.4 Å². The molecule has 0 saturated carbocycles. The first-order valence-electron chi connectivity index (χ1n) is 7.99. The standard InChI is InChI=1S/C18H23N5/c1-14(2)23-13-17(11-20-23)15(3)21-18-7-4-6-16(10-18)12-22-9-5-8-19-22/h4-11,13-15,21H,12H2,1-3H3/t15-/m1/s1. The van der Waals surface area contributed by atoms with Crippen molar-refractivity contribution in [2.75, 3.05) is 5.32 Å². The number of nitrogens with one attached hydrogen (secondary N) is 1. The molecule has 23 heavy (non-hydrogen) atoms. The van der Waals surface area contributed by atoms with Gasteiger partial charge in [0, 0.05) is 35.9 Å². The molecule has 5 nitrogen and oxygen atoms in total. The summed E-state index contributed by atoms with van der Waals surface area (Å²) in [6.07, 6.45) is 7.82. The quantitative estimate of drug-likeness (QED) is 0.751. The number of nitrogens with zero attached hydrogens (tertiary/aromatic N) is 4. The van der Waals surface area contributed by atoms with Gasteiger partial charge in [-0.25, -0.2) is 0 Å². The minimum atomic E-state index is 0.211. The largest absolute Gasteiger partial charge is 0.378 e. The van der Waals surface area contributed by atoms with E-state index in [0.29, 0.717) is 6.04 Å². The van der Waals surface area contributed by atoms with Crippen LogP contribution in [0.1, 0.15) is 44.0 Å². The van der Waals surface area contributed by atoms with Gasteiger partial charge in [-0.1, -0.05) is 12.1 Å². The fourth-order valence-corrected chi connectivity index (χ4v) is 2.53. The Hall–Kier alpha value is -2.56. The minimum absolute atomic E-state index is 0.211. The van der Waals surface area contributed by atoms with Crippen molar-refractivity contribution in [3.05, 3.63) is 66.2 Å². The summed E-state index contributed by atoms with van der Waals surface area (Å²) in [4.78, 5) is 0. The highest BCUT2D eigenvalue weighted by molar-refractivity contribution is 5.47. The minimum Gasteiger partial charge on any atom is -0.378 e. The van der Waals surface area contributed by atoms with Gasteiger partial charge in [-0.3, -0.25) is 9.36 Å². The molecule has 5 heteroatoms. The van der Waals surface area contributed by atoms with E-state index in [-0.39, 0.29) is 6.04 Å². The SMILES string of the molecule is CC(C)n1cc([C@@H](C)Nc2cccc(Cn3cccn3)c2)cn1. The van der Waals surface area contributed by atoms with Crippen molar-refractivity contribution >= 4 is 5.69 Å². The van der Waals surface area contributed by atoms with Gasteiger partial charge in [-0.2, -0.15) is 10.2 Å². The average molecular weight is 309 g/mol. The first-order chi connectivity index (χ1) is 11.1. The molecule has 3 rings (SSSR count). The molecule has 0 bridgehead atoms. The Morgan fingerprint density at radius 2 is 2.00 bits per heavy atom. The van der Waals surface area contributed by atoms with Gasteiger partial charge < -0.3 is 5.32 Å². The van der Waals surface area contributed by atoms with E-state index in [1.54, 1.807) is 6.20 Å². The van der Waals surface area contributed by atoms with Crippen LogP contribution >= 0.6 is 0 Å². The van der Waals surface area contributed by atoms with E-state index in [0.717, 1.165) is 12.2 Å². The predicted octanol–water partition coefficient (Wildman–Crippen LogP) is 3.88. The summed E-state index contributed by atoms with van der Waals surface area (Å²) in [5, 5.41) is 12.2. The molecular weight excluding hydrogens is 286 g/mol. The zero-order valence-electron chi connectivity index (χ0n) is 13.8. The van der Waals surface area contributed by atoms with E-state index in [9.17, 15) is 0 Å². The lowest BCUT2D eigenvalue weighted by Crippen LogP contribution is -2.07. The lowest BCUT2D eigenvalue weighted by Gasteiger charge is -2.15. The van der Waals surface area contributed by atoms with Gasteiger partial charge in [0.15, 0.2) is 0 Å². The molecule has 0 saturated heterocycles. The number of aromatic nitrogens is 4. The van der Waals surface area contributed by atoms with Crippen LogP contribution in [-0.2, 0) is 6.54 Å². The van der Waals surface area contributed by atoms with E-state index in [4.69, 9.17) is 0 Å². The molecule has 0 unspecified atom stereocenters. The first kappa shape index (κ1) is 15.3. The molecular formula is C18H23N5. The maximum Gasteiger partial charge on any atom is 0.0660 e. The highest BCUT2D eigenvalue weighted by atomic mass is 15.3. The van der Waals surface area contributed by atoms with Crippen molar-refractivity contribution in [1.29, 1.82) is 0 Å². The highest BCUT2D eigenvalue weighted by Gasteiger charge is 2.09. The van der Waals surface area contributed by atoms with Gasteiger partial charge in [0.05, 0.1) is 18.8 Å². The van der Waals surface area contributed by atoms with Crippen molar-refractivity contribution in [3.8, 4) is 0 Å². The summed E-state index contributed by atoms with van der Waals surface area (Å²) in [5.41, 5.74) is 3.53. The molecule has 1 N–H and O–H groups in total. The fourth-order valence-electron chi connectivity index (χ4n) is 2.53. The second kappa shape index (κ2) is 6.69. The van der Waals surface area contributed by atoms with Gasteiger partial charge >= 0.3 is 0 Å². The van der Waals surface area contributed by atoms with Crippen LogP contribution in [0, 0.1) is 0 Å². The second-order valence-corrected chi connectivity index (χ2v) is 6.12. The molecule has 0 amide bonds. The maximum absolute atomic E-state index is 4.41. The monoisotopic (exact) mass is 309 g/mol. The molecule has 0 spiro atoms. The molecule has 2 heterocycles. The van der Waals surface area contributed by atoms with Gasteiger partial charge in [-0.15, -0.1) is 0 Å². The average Bonchev–Trinajstić information content (AvgIpc) is 3.18. The lowest BCUT2D eigenvalue weighted by molar-refractivity contribution is 0.532. The first-order valence-corrected chi connectivity index (χ1v) is 7.99. The molecule has 0 radical (unpaired) electrons. The van der Waals surface area contributed by atoms with Crippen molar-refractivity contribution in [3.63, 3.8) is 0 Å². The van der Waals surface area contributed by atoms with Crippen LogP contribution in [0.4, 0.5) is 5.69 Å². The van der Waals surface area contributed by atoms with E-state index < -0.39 is 0 Å². The van der Waals surface area contributed by atoms with Gasteiger partial charge in [0.1, 0.15) is 0 Å². The van der Waals surface area contributed by atoms with Crippen molar-refractivity contribution in [1.82, 2.24) is 19.6 Å². The molecule has 120 valence electrons. The topological polar surface area (TPSA) is 47.7 Å². The summed E-state index contributed by atoms with van der Waals surface area (Å²) in [6, 6.07) is 11.0. The van der Waals surface area contributed by atoms with E-state index >= 15 is 0 Å². The lowest BCUT2D eigenvalue weighted by atomic mass is 10.1. The summed E-state index contributed by atoms with van der Waals surface area (Å²) >= 11 is 0. The van der Waals surface area contributed by atoms with Crippen LogP contribution in [0.5, 0.6) is 0 Å². The Bertz CT molecular complexity index is 742. The normalized spacial score (nSPS) is 12.5. The van der Waals surface area contributed by atoms with Crippen LogP contribution in [0.15, 0.2) is 55.1 Å². The van der Waals surface area contributed by atoms with Crippen LogP contribution in [0.2, 0.25) is 0 Å². The Labute approximate surface area is 136 Å². The highest BCUT2D eigenvalue weighted by Crippen LogP contribution is 2.21. The summed E-state index contributed by atoms with van der Waals surface area (Å²) in [5.74, 6) is 0. The number of hydrogen-bond donors (Lipinski definition) is 1. The Morgan fingerprint density at radius 1 is 1.13 bits per heavy atom. The zero-order chi connectivity index (χ0) is 16.2. The van der Waals surface area contributed by atoms with Crippen LogP contribution in [0.25, 0.3) is 0 Å². The predicted molar refractivity (Wildman–Crippen MR) is 92.4 cm³/mol. The molecule has 0 aliphatic heterocycles. The number of benzene rings is 1. The van der Waals surface area contributed by atoms with Crippen LogP contribution in [0.3, 0.4) is 0 Å². The van der Waals surface area contributed by atoms with Gasteiger partial charge in [0.25, 0.3) is 0 Å². The van der Waals surface area contributed by atoms with Crippen molar-refractivity contribution in [2.24, 2.45) is 0 Å². The third-order valence-electron chi connectivity index (χ3n) is 3.86. The summed E-state index contributed by atoms with van der Waals surface area (Å²) in [7, 11) is 0. The van der Waals surface area contributed by atoms with Gasteiger partial charge in [-0.05, 0) is 44.5 Å². The third kappa shape index (κ3) is 3.80. The fraction of sp³-hybridized carbons (Fsp3) is 0.333. The number of hydrogen-bond acceptors (Lipinski definition) is 3. The summed E-state index contributed by atoms with van der Waals surface area (Å²) < 4.78 is 3.91. The summed E-state index contributed by atoms with van der Waals surface area (Å²) in [6.45, 7) is 7.20. The van der Waals surface area contributed by atoms with Crippen LogP contribution < -0.4 is 5.32 Å². The van der Waals surface area contributed by atoms with E-state index in [2.05, 4.69) is 66.7 Å².